The second-order valence-corrected chi connectivity index (χ2v) is 8.74. The molecule has 0 aliphatic rings. The van der Waals surface area contributed by atoms with Crippen LogP contribution in [0.25, 0.3) is 0 Å². The lowest BCUT2D eigenvalue weighted by molar-refractivity contribution is 0.447. The van der Waals surface area contributed by atoms with Crippen molar-refractivity contribution in [3.8, 4) is 0 Å². The Morgan fingerprint density at radius 3 is 2.27 bits per heavy atom. The highest BCUT2D eigenvalue weighted by Crippen LogP contribution is 2.29. The lowest BCUT2D eigenvalue weighted by Gasteiger charge is -2.28. The largest absolute Gasteiger partial charge is 0.598 e. The van der Waals surface area contributed by atoms with E-state index in [9.17, 15) is 4.55 Å². The molecule has 0 radical (unpaired) electrons. The summed E-state index contributed by atoms with van der Waals surface area (Å²) in [5.41, 5.74) is 3.47. The molecule has 1 heterocycles. The van der Waals surface area contributed by atoms with E-state index in [0.29, 0.717) is 0 Å². The molecule has 0 aliphatic heterocycles. The van der Waals surface area contributed by atoms with Crippen molar-refractivity contribution in [1.29, 1.82) is 0 Å². The van der Waals surface area contributed by atoms with Gasteiger partial charge in [0.05, 0.1) is 0 Å². The Kier molecular flexibility index (Phi) is 5.05. The van der Waals surface area contributed by atoms with Crippen molar-refractivity contribution >= 4 is 11.4 Å². The van der Waals surface area contributed by atoms with E-state index in [4.69, 9.17) is 4.42 Å². The summed E-state index contributed by atoms with van der Waals surface area (Å²) in [5, 5.41) is 0. The van der Waals surface area contributed by atoms with E-state index in [0.717, 1.165) is 22.6 Å². The summed E-state index contributed by atoms with van der Waals surface area (Å²) in [6, 6.07) is 9.97. The molecule has 1 aromatic carbocycles. The molecule has 1 aromatic heterocycles. The molecule has 4 heteroatoms. The second-order valence-electron chi connectivity index (χ2n) is 6.74. The summed E-state index contributed by atoms with van der Waals surface area (Å²) in [6.07, 6.45) is 0. The maximum Gasteiger partial charge on any atom is 0.136 e. The normalized spacial score (nSPS) is 14.9. The monoisotopic (exact) mass is 319 g/mol. The lowest BCUT2D eigenvalue weighted by Crippen LogP contribution is -2.41. The van der Waals surface area contributed by atoms with Crippen LogP contribution in [0.2, 0.25) is 0 Å². The van der Waals surface area contributed by atoms with Crippen LogP contribution in [-0.4, -0.2) is 9.30 Å². The van der Waals surface area contributed by atoms with Crippen molar-refractivity contribution in [3.05, 3.63) is 58.5 Å². The molecule has 2 atom stereocenters. The topological polar surface area (TPSA) is 48.2 Å². The van der Waals surface area contributed by atoms with Crippen LogP contribution in [-0.2, 0) is 11.4 Å². The highest BCUT2D eigenvalue weighted by atomic mass is 32.2. The standard InChI is InChI=1S/C18H25NO2S/c1-12-7-9-15(13(2)11-12)17(16-10-8-14(3)21-16)19-22(20)18(4,5)6/h7-11,17,19H,1-6H3. The van der Waals surface area contributed by atoms with Gasteiger partial charge in [-0.3, -0.25) is 0 Å². The van der Waals surface area contributed by atoms with Crippen molar-refractivity contribution in [3.63, 3.8) is 0 Å². The summed E-state index contributed by atoms with van der Waals surface area (Å²) in [5.74, 6) is 1.65. The van der Waals surface area contributed by atoms with Gasteiger partial charge in [-0.05, 0) is 64.8 Å². The third-order valence-corrected chi connectivity index (χ3v) is 5.13. The Morgan fingerprint density at radius 1 is 1.09 bits per heavy atom. The first-order valence-electron chi connectivity index (χ1n) is 7.50. The Labute approximate surface area is 136 Å². The maximum absolute atomic E-state index is 12.6. The minimum atomic E-state index is -1.18. The molecule has 3 nitrogen and oxygen atoms in total. The highest BCUT2D eigenvalue weighted by molar-refractivity contribution is 7.90. The molecule has 0 bridgehead atoms. The van der Waals surface area contributed by atoms with Crippen LogP contribution in [0.4, 0.5) is 0 Å². The molecule has 1 N–H and O–H groups in total. The minimum absolute atomic E-state index is 0.214. The summed E-state index contributed by atoms with van der Waals surface area (Å²) in [7, 11) is 0. The first-order valence-corrected chi connectivity index (χ1v) is 8.65. The molecule has 0 spiro atoms. The summed E-state index contributed by atoms with van der Waals surface area (Å²) < 4.78 is 21.3. The number of rotatable bonds is 4. The van der Waals surface area contributed by atoms with Gasteiger partial charge in [0.15, 0.2) is 0 Å². The van der Waals surface area contributed by atoms with Gasteiger partial charge < -0.3 is 8.97 Å². The zero-order chi connectivity index (χ0) is 16.5. The van der Waals surface area contributed by atoms with Crippen molar-refractivity contribution in [2.45, 2.75) is 52.3 Å². The molecule has 0 saturated heterocycles. The molecule has 2 aromatic rings. The highest BCUT2D eigenvalue weighted by Gasteiger charge is 2.32. The van der Waals surface area contributed by atoms with Crippen LogP contribution in [0, 0.1) is 20.8 Å². The Morgan fingerprint density at radius 2 is 1.77 bits per heavy atom. The van der Waals surface area contributed by atoms with Gasteiger partial charge in [-0.15, -0.1) is 4.72 Å². The fourth-order valence-electron chi connectivity index (χ4n) is 2.32. The lowest BCUT2D eigenvalue weighted by atomic mass is 9.98. The number of hydrogen-bond donors (Lipinski definition) is 1. The van der Waals surface area contributed by atoms with Gasteiger partial charge in [0, 0.05) is 11.4 Å². The van der Waals surface area contributed by atoms with E-state index >= 15 is 0 Å². The molecule has 0 fully saturated rings. The van der Waals surface area contributed by atoms with Crippen LogP contribution in [0.5, 0.6) is 0 Å². The van der Waals surface area contributed by atoms with Gasteiger partial charge in [-0.1, -0.05) is 23.8 Å². The van der Waals surface area contributed by atoms with Crippen LogP contribution >= 0.6 is 0 Å². The zero-order valence-electron chi connectivity index (χ0n) is 14.2. The smallest absolute Gasteiger partial charge is 0.136 e. The zero-order valence-corrected chi connectivity index (χ0v) is 15.0. The van der Waals surface area contributed by atoms with E-state index in [-0.39, 0.29) is 10.8 Å². The molecule has 0 aliphatic carbocycles. The van der Waals surface area contributed by atoms with Gasteiger partial charge in [-0.2, -0.15) is 0 Å². The Hall–Kier alpha value is -1.23. The predicted molar refractivity (Wildman–Crippen MR) is 92.2 cm³/mol. The van der Waals surface area contributed by atoms with Gasteiger partial charge in [0.1, 0.15) is 22.3 Å². The second kappa shape index (κ2) is 6.49. The molecule has 120 valence electrons. The molecule has 22 heavy (non-hydrogen) atoms. The molecule has 0 saturated carbocycles. The SMILES string of the molecule is Cc1ccc(C(N[S+]([O-])C(C)(C)C)c2ccc(C)o2)c(C)c1. The van der Waals surface area contributed by atoms with Gasteiger partial charge in [0.25, 0.3) is 0 Å². The minimum Gasteiger partial charge on any atom is -0.598 e. The van der Waals surface area contributed by atoms with Crippen LogP contribution in [0.15, 0.2) is 34.7 Å². The molecule has 2 unspecified atom stereocenters. The first-order chi connectivity index (χ1) is 10.2. The number of benzene rings is 1. The summed E-state index contributed by atoms with van der Waals surface area (Å²) >= 11 is -1.18. The predicted octanol–water partition coefficient (Wildman–Crippen LogP) is 4.35. The number of nitrogens with one attached hydrogen (secondary N) is 1. The average molecular weight is 319 g/mol. The molecular formula is C18H25NO2S. The Balaban J connectivity index is 2.41. The van der Waals surface area contributed by atoms with E-state index in [1.165, 1.54) is 5.56 Å². The molecule has 0 amide bonds. The van der Waals surface area contributed by atoms with Crippen LogP contribution in [0.1, 0.15) is 55.0 Å². The van der Waals surface area contributed by atoms with Crippen LogP contribution < -0.4 is 4.72 Å². The average Bonchev–Trinajstić information content (AvgIpc) is 2.82. The third-order valence-electron chi connectivity index (χ3n) is 3.56. The van der Waals surface area contributed by atoms with E-state index in [1.54, 1.807) is 0 Å². The van der Waals surface area contributed by atoms with E-state index in [1.807, 2.05) is 39.8 Å². The van der Waals surface area contributed by atoms with Crippen molar-refractivity contribution in [2.75, 3.05) is 0 Å². The van der Waals surface area contributed by atoms with Gasteiger partial charge >= 0.3 is 0 Å². The molecule has 2 rings (SSSR count). The van der Waals surface area contributed by atoms with Gasteiger partial charge in [0.2, 0.25) is 0 Å². The van der Waals surface area contributed by atoms with Crippen molar-refractivity contribution < 1.29 is 8.97 Å². The summed E-state index contributed by atoms with van der Waals surface area (Å²) in [4.78, 5) is 0. The summed E-state index contributed by atoms with van der Waals surface area (Å²) in [6.45, 7) is 12.0. The van der Waals surface area contributed by atoms with E-state index in [2.05, 4.69) is 36.8 Å². The number of furan rings is 1. The third kappa shape index (κ3) is 3.94. The number of aryl methyl sites for hydroxylation is 3. The van der Waals surface area contributed by atoms with E-state index < -0.39 is 11.4 Å². The van der Waals surface area contributed by atoms with Crippen molar-refractivity contribution in [2.24, 2.45) is 0 Å². The quantitative estimate of drug-likeness (QED) is 0.853. The molecular weight excluding hydrogens is 294 g/mol. The first kappa shape index (κ1) is 17.1. The van der Waals surface area contributed by atoms with Gasteiger partial charge in [-0.25, -0.2) is 0 Å². The fourth-order valence-corrected chi connectivity index (χ4v) is 3.13. The van der Waals surface area contributed by atoms with Crippen molar-refractivity contribution in [1.82, 2.24) is 4.72 Å². The number of hydrogen-bond acceptors (Lipinski definition) is 3. The fraction of sp³-hybridized carbons (Fsp3) is 0.444. The maximum atomic E-state index is 12.6. The Bertz CT molecular complexity index is 643. The van der Waals surface area contributed by atoms with Crippen LogP contribution in [0.3, 0.4) is 0 Å².